The van der Waals surface area contributed by atoms with Crippen molar-refractivity contribution < 1.29 is 26.5 Å². The number of carbonyl (C=O) groups is 1. The van der Waals surface area contributed by atoms with Gasteiger partial charge in [-0.2, -0.15) is 4.31 Å². The molecule has 0 unspecified atom stereocenters. The number of aromatic nitrogens is 1. The van der Waals surface area contributed by atoms with Crippen LogP contribution in [-0.2, 0) is 10.0 Å². The average Bonchev–Trinajstić information content (AvgIpc) is 3.39. The van der Waals surface area contributed by atoms with Crippen LogP contribution in [0.1, 0.15) is 10.5 Å². The van der Waals surface area contributed by atoms with E-state index in [1.54, 1.807) is 6.07 Å². The number of sulfonamides is 1. The summed E-state index contributed by atoms with van der Waals surface area (Å²) in [5.74, 6) is -1.89. The molecule has 3 aromatic rings. The third-order valence-electron chi connectivity index (χ3n) is 4.53. The van der Waals surface area contributed by atoms with Crippen molar-refractivity contribution in [2.45, 2.75) is 4.90 Å². The van der Waals surface area contributed by atoms with Crippen LogP contribution in [0, 0.1) is 11.6 Å². The highest BCUT2D eigenvalue weighted by Gasteiger charge is 2.33. The summed E-state index contributed by atoms with van der Waals surface area (Å²) in [7, 11) is -4.13. The minimum atomic E-state index is -4.13. The van der Waals surface area contributed by atoms with E-state index in [0.717, 1.165) is 21.3 Å². The zero-order valence-corrected chi connectivity index (χ0v) is 16.5. The van der Waals surface area contributed by atoms with Gasteiger partial charge in [0.1, 0.15) is 16.5 Å². The van der Waals surface area contributed by atoms with Crippen molar-refractivity contribution in [3.05, 3.63) is 59.1 Å². The summed E-state index contributed by atoms with van der Waals surface area (Å²) < 4.78 is 58.5. The molecule has 0 radical (unpaired) electrons. The lowest BCUT2D eigenvalue weighted by atomic mass is 10.2. The summed E-state index contributed by atoms with van der Waals surface area (Å²) in [5.41, 5.74) is 0.134. The Hall–Kier alpha value is -2.63. The van der Waals surface area contributed by atoms with Crippen LogP contribution >= 0.6 is 11.3 Å². The molecule has 11 heteroatoms. The van der Waals surface area contributed by atoms with Crippen LogP contribution in [0.4, 0.5) is 8.78 Å². The van der Waals surface area contributed by atoms with Crippen LogP contribution in [0.3, 0.4) is 0 Å². The number of thiophene rings is 1. The van der Waals surface area contributed by atoms with E-state index < -0.39 is 26.6 Å². The first-order chi connectivity index (χ1) is 13.9. The fourth-order valence-corrected chi connectivity index (χ4v) is 5.17. The van der Waals surface area contributed by atoms with Gasteiger partial charge in [-0.25, -0.2) is 17.2 Å². The Morgan fingerprint density at radius 2 is 1.86 bits per heavy atom. The van der Waals surface area contributed by atoms with E-state index >= 15 is 0 Å². The Labute approximate surface area is 169 Å². The van der Waals surface area contributed by atoms with Crippen LogP contribution < -0.4 is 0 Å². The van der Waals surface area contributed by atoms with E-state index in [4.69, 9.17) is 4.52 Å². The van der Waals surface area contributed by atoms with Gasteiger partial charge in [0.25, 0.3) is 5.91 Å². The highest BCUT2D eigenvalue weighted by Crippen LogP contribution is 2.26. The van der Waals surface area contributed by atoms with Crippen LogP contribution in [-0.4, -0.2) is 54.9 Å². The maximum Gasteiger partial charge on any atom is 0.276 e. The first-order valence-electron chi connectivity index (χ1n) is 8.61. The van der Waals surface area contributed by atoms with Crippen molar-refractivity contribution in [1.29, 1.82) is 0 Å². The summed E-state index contributed by atoms with van der Waals surface area (Å²) in [4.78, 5) is 14.4. The molecule has 1 aromatic carbocycles. The molecule has 7 nitrogen and oxygen atoms in total. The van der Waals surface area contributed by atoms with Gasteiger partial charge in [0.15, 0.2) is 11.5 Å². The molecule has 0 saturated carbocycles. The molecular formula is C18H15F2N3O4S2. The van der Waals surface area contributed by atoms with Gasteiger partial charge in [-0.15, -0.1) is 11.3 Å². The molecule has 29 heavy (non-hydrogen) atoms. The molecule has 1 fully saturated rings. The number of carbonyl (C=O) groups excluding carboxylic acids is 1. The molecule has 152 valence electrons. The van der Waals surface area contributed by atoms with Crippen LogP contribution in [0.15, 0.2) is 51.2 Å². The molecule has 1 aliphatic heterocycles. The Morgan fingerprint density at radius 1 is 1.10 bits per heavy atom. The number of benzene rings is 1. The van der Waals surface area contributed by atoms with Crippen molar-refractivity contribution >= 4 is 27.3 Å². The van der Waals surface area contributed by atoms with E-state index in [1.165, 1.54) is 16.2 Å². The average molecular weight is 439 g/mol. The number of hydrogen-bond acceptors (Lipinski definition) is 6. The molecule has 2 aromatic heterocycles. The van der Waals surface area contributed by atoms with Gasteiger partial charge in [0.05, 0.1) is 4.88 Å². The second-order valence-electron chi connectivity index (χ2n) is 6.32. The molecule has 0 atom stereocenters. The van der Waals surface area contributed by atoms with E-state index in [9.17, 15) is 22.0 Å². The van der Waals surface area contributed by atoms with Crippen LogP contribution in [0.2, 0.25) is 0 Å². The van der Waals surface area contributed by atoms with Crippen molar-refractivity contribution in [3.8, 4) is 10.6 Å². The standard InChI is InChI=1S/C18H15F2N3O4S2/c19-12-3-4-17(13(20)10-12)29(25,26)23-7-5-22(6-8-23)18(24)14-11-15(27-21-14)16-2-1-9-28-16/h1-4,9-11H,5-8H2. The number of rotatable bonds is 4. The van der Waals surface area contributed by atoms with E-state index in [0.29, 0.717) is 11.8 Å². The number of amides is 1. The maximum absolute atomic E-state index is 13.9. The smallest absolute Gasteiger partial charge is 0.276 e. The van der Waals surface area contributed by atoms with Crippen molar-refractivity contribution in [2.24, 2.45) is 0 Å². The number of piperazine rings is 1. The Kier molecular flexibility index (Phi) is 5.19. The highest BCUT2D eigenvalue weighted by atomic mass is 32.2. The third kappa shape index (κ3) is 3.80. The van der Waals surface area contributed by atoms with Crippen LogP contribution in [0.25, 0.3) is 10.6 Å². The zero-order chi connectivity index (χ0) is 20.6. The van der Waals surface area contributed by atoms with E-state index in [1.807, 2.05) is 17.5 Å². The lowest BCUT2D eigenvalue weighted by Crippen LogP contribution is -2.50. The topological polar surface area (TPSA) is 83.7 Å². The Bertz CT molecular complexity index is 1140. The fourth-order valence-electron chi connectivity index (χ4n) is 3.03. The van der Waals surface area contributed by atoms with Crippen molar-refractivity contribution in [3.63, 3.8) is 0 Å². The monoisotopic (exact) mass is 439 g/mol. The molecule has 1 amide bonds. The number of nitrogens with zero attached hydrogens (tertiary/aromatic N) is 3. The SMILES string of the molecule is O=C(c1cc(-c2cccs2)on1)N1CCN(S(=O)(=O)c2ccc(F)cc2F)CC1. The molecule has 4 rings (SSSR count). The maximum atomic E-state index is 13.9. The minimum absolute atomic E-state index is 0.0134. The molecule has 0 bridgehead atoms. The largest absolute Gasteiger partial charge is 0.355 e. The molecule has 0 aliphatic carbocycles. The van der Waals surface area contributed by atoms with Crippen LogP contribution in [0.5, 0.6) is 0 Å². The summed E-state index contributed by atoms with van der Waals surface area (Å²) in [6.07, 6.45) is 0. The second-order valence-corrected chi connectivity index (χ2v) is 9.18. The van der Waals surface area contributed by atoms with Gasteiger partial charge in [-0.05, 0) is 23.6 Å². The summed E-state index contributed by atoms with van der Waals surface area (Å²) in [6, 6.07) is 7.57. The molecule has 3 heterocycles. The number of hydrogen-bond donors (Lipinski definition) is 0. The van der Waals surface area contributed by atoms with Crippen molar-refractivity contribution in [1.82, 2.24) is 14.4 Å². The van der Waals surface area contributed by atoms with Gasteiger partial charge in [-0.1, -0.05) is 11.2 Å². The van der Waals surface area contributed by atoms with Gasteiger partial charge in [-0.3, -0.25) is 4.79 Å². The lowest BCUT2D eigenvalue weighted by molar-refractivity contribution is 0.0687. The first-order valence-corrected chi connectivity index (χ1v) is 10.9. The molecular weight excluding hydrogens is 424 g/mol. The molecule has 1 aliphatic rings. The summed E-state index contributed by atoms with van der Waals surface area (Å²) in [6.45, 7) is 0.200. The summed E-state index contributed by atoms with van der Waals surface area (Å²) >= 11 is 1.45. The predicted octanol–water partition coefficient (Wildman–Crippen LogP) is 2.83. The normalized spacial score (nSPS) is 15.6. The van der Waals surface area contributed by atoms with Gasteiger partial charge < -0.3 is 9.42 Å². The van der Waals surface area contributed by atoms with Gasteiger partial charge in [0.2, 0.25) is 10.0 Å². The van der Waals surface area contributed by atoms with Gasteiger partial charge in [0, 0.05) is 38.3 Å². The quantitative estimate of drug-likeness (QED) is 0.624. The van der Waals surface area contributed by atoms with E-state index in [-0.39, 0.29) is 37.8 Å². The van der Waals surface area contributed by atoms with Gasteiger partial charge >= 0.3 is 0 Å². The Balaban J connectivity index is 1.44. The molecule has 0 N–H and O–H groups in total. The highest BCUT2D eigenvalue weighted by molar-refractivity contribution is 7.89. The lowest BCUT2D eigenvalue weighted by Gasteiger charge is -2.33. The second kappa shape index (κ2) is 7.65. The minimum Gasteiger partial charge on any atom is -0.355 e. The Morgan fingerprint density at radius 3 is 2.52 bits per heavy atom. The molecule has 1 saturated heterocycles. The van der Waals surface area contributed by atoms with Crippen molar-refractivity contribution in [2.75, 3.05) is 26.2 Å². The predicted molar refractivity (Wildman–Crippen MR) is 101 cm³/mol. The fraction of sp³-hybridized carbons (Fsp3) is 0.222. The third-order valence-corrected chi connectivity index (χ3v) is 7.35. The zero-order valence-electron chi connectivity index (χ0n) is 14.9. The number of halogens is 2. The first kappa shape index (κ1) is 19.7. The molecule has 0 spiro atoms. The summed E-state index contributed by atoms with van der Waals surface area (Å²) in [5, 5.41) is 5.68. The van der Waals surface area contributed by atoms with E-state index in [2.05, 4.69) is 5.16 Å².